The highest BCUT2D eigenvalue weighted by Gasteiger charge is 2.02. The summed E-state index contributed by atoms with van der Waals surface area (Å²) >= 11 is 0. The summed E-state index contributed by atoms with van der Waals surface area (Å²) in [6.07, 6.45) is 1.46. The number of hydrazone groups is 1. The van der Waals surface area contributed by atoms with E-state index >= 15 is 0 Å². The first-order valence-corrected chi connectivity index (χ1v) is 6.53. The number of nitrogens with zero attached hydrogens (tertiary/aromatic N) is 1. The van der Waals surface area contributed by atoms with Crippen LogP contribution in [0.4, 0.5) is 5.69 Å². The van der Waals surface area contributed by atoms with Crippen molar-refractivity contribution in [2.24, 2.45) is 5.10 Å². The molecule has 0 fully saturated rings. The van der Waals surface area contributed by atoms with Crippen LogP contribution in [0.15, 0.2) is 65.8 Å². The van der Waals surface area contributed by atoms with E-state index in [1.807, 2.05) is 42.5 Å². The molecule has 3 aromatic carbocycles. The first-order chi connectivity index (χ1) is 10.2. The van der Waals surface area contributed by atoms with Crippen molar-refractivity contribution in [3.63, 3.8) is 0 Å². The number of para-hydroxylation sites is 1. The Labute approximate surface area is 122 Å². The van der Waals surface area contributed by atoms with Crippen molar-refractivity contribution >= 4 is 22.7 Å². The molecule has 0 amide bonds. The van der Waals surface area contributed by atoms with Gasteiger partial charge in [0.15, 0.2) is 11.5 Å². The summed E-state index contributed by atoms with van der Waals surface area (Å²) < 4.78 is 0. The first kappa shape index (κ1) is 13.0. The van der Waals surface area contributed by atoms with Crippen molar-refractivity contribution in [3.05, 3.63) is 66.2 Å². The highest BCUT2D eigenvalue weighted by molar-refractivity contribution is 5.87. The third-order valence-corrected chi connectivity index (χ3v) is 3.19. The summed E-state index contributed by atoms with van der Waals surface area (Å²) in [6.45, 7) is 0. The number of anilines is 1. The van der Waals surface area contributed by atoms with Gasteiger partial charge in [0.25, 0.3) is 0 Å². The lowest BCUT2D eigenvalue weighted by Gasteiger charge is -2.03. The van der Waals surface area contributed by atoms with Crippen LogP contribution in [0.25, 0.3) is 10.8 Å². The Hall–Kier alpha value is -3.01. The minimum absolute atomic E-state index is 0.162. The minimum atomic E-state index is -0.179. The van der Waals surface area contributed by atoms with Gasteiger partial charge in [-0.2, -0.15) is 5.10 Å². The molecular weight excluding hydrogens is 264 g/mol. The van der Waals surface area contributed by atoms with Gasteiger partial charge >= 0.3 is 0 Å². The molecule has 0 saturated carbocycles. The number of fused-ring (bicyclic) bond motifs is 1. The summed E-state index contributed by atoms with van der Waals surface area (Å²) in [7, 11) is 0. The zero-order chi connectivity index (χ0) is 14.7. The second-order valence-corrected chi connectivity index (χ2v) is 4.65. The smallest absolute Gasteiger partial charge is 0.166 e. The second kappa shape index (κ2) is 5.54. The Kier molecular flexibility index (Phi) is 3.43. The highest BCUT2D eigenvalue weighted by Crippen LogP contribution is 2.26. The molecule has 0 bridgehead atoms. The average molecular weight is 278 g/mol. The highest BCUT2D eigenvalue weighted by atomic mass is 16.3. The average Bonchev–Trinajstić information content (AvgIpc) is 2.51. The van der Waals surface area contributed by atoms with Gasteiger partial charge in [-0.15, -0.1) is 0 Å². The SMILES string of the molecule is Oc1cccc(/C=N\Nc2ccc3ccccc3c2)c1O. The summed E-state index contributed by atoms with van der Waals surface area (Å²) in [5, 5.41) is 25.4. The Morgan fingerprint density at radius 1 is 0.857 bits per heavy atom. The molecule has 0 spiro atoms. The predicted molar refractivity (Wildman–Crippen MR) is 84.9 cm³/mol. The first-order valence-electron chi connectivity index (χ1n) is 6.53. The van der Waals surface area contributed by atoms with Crippen molar-refractivity contribution in [3.8, 4) is 11.5 Å². The van der Waals surface area contributed by atoms with Crippen molar-refractivity contribution in [1.29, 1.82) is 0 Å². The maximum Gasteiger partial charge on any atom is 0.166 e. The standard InChI is InChI=1S/C17H14N2O2/c20-16-7-3-6-14(17(16)21)11-18-19-15-9-8-12-4-1-2-5-13(12)10-15/h1-11,19-21H/b18-11-. The number of hydrogen-bond acceptors (Lipinski definition) is 4. The molecule has 4 heteroatoms. The van der Waals surface area contributed by atoms with Crippen molar-refractivity contribution in [1.82, 2.24) is 0 Å². The van der Waals surface area contributed by atoms with Crippen LogP contribution in [0.5, 0.6) is 11.5 Å². The lowest BCUT2D eigenvalue weighted by atomic mass is 10.1. The second-order valence-electron chi connectivity index (χ2n) is 4.65. The molecule has 0 saturated heterocycles. The topological polar surface area (TPSA) is 64.9 Å². The third kappa shape index (κ3) is 2.79. The number of hydrogen-bond donors (Lipinski definition) is 3. The number of rotatable bonds is 3. The molecule has 0 atom stereocenters. The van der Waals surface area contributed by atoms with Crippen molar-refractivity contribution < 1.29 is 10.2 Å². The molecule has 0 radical (unpaired) electrons. The lowest BCUT2D eigenvalue weighted by molar-refractivity contribution is 0.403. The summed E-state index contributed by atoms with van der Waals surface area (Å²) in [4.78, 5) is 0. The Morgan fingerprint density at radius 3 is 2.52 bits per heavy atom. The van der Waals surface area contributed by atoms with Crippen LogP contribution < -0.4 is 5.43 Å². The maximum absolute atomic E-state index is 9.67. The van der Waals surface area contributed by atoms with Gasteiger partial charge in [0.05, 0.1) is 11.9 Å². The van der Waals surface area contributed by atoms with E-state index in [1.54, 1.807) is 12.1 Å². The molecule has 3 rings (SSSR count). The lowest BCUT2D eigenvalue weighted by Crippen LogP contribution is -1.91. The Bertz CT molecular complexity index is 813. The summed E-state index contributed by atoms with van der Waals surface area (Å²) in [5.74, 6) is -0.341. The minimum Gasteiger partial charge on any atom is -0.504 e. The van der Waals surface area contributed by atoms with Gasteiger partial charge < -0.3 is 10.2 Å². The molecule has 0 unspecified atom stereocenters. The van der Waals surface area contributed by atoms with Crippen LogP contribution in [0, 0.1) is 0 Å². The number of phenols is 2. The molecule has 0 heterocycles. The largest absolute Gasteiger partial charge is 0.504 e. The Balaban J connectivity index is 1.79. The molecule has 0 aromatic heterocycles. The molecule has 4 nitrogen and oxygen atoms in total. The van der Waals surface area contributed by atoms with Gasteiger partial charge in [0.1, 0.15) is 0 Å². The van der Waals surface area contributed by atoms with Gasteiger partial charge in [-0.1, -0.05) is 36.4 Å². The number of aromatic hydroxyl groups is 2. The van der Waals surface area contributed by atoms with Crippen LogP contribution >= 0.6 is 0 Å². The van der Waals surface area contributed by atoms with Gasteiger partial charge in [-0.3, -0.25) is 5.43 Å². The summed E-state index contributed by atoms with van der Waals surface area (Å²) in [6, 6.07) is 18.7. The van der Waals surface area contributed by atoms with E-state index in [2.05, 4.69) is 10.5 Å². The normalized spacial score (nSPS) is 11.0. The molecule has 104 valence electrons. The van der Waals surface area contributed by atoms with E-state index in [1.165, 1.54) is 12.3 Å². The van der Waals surface area contributed by atoms with E-state index in [0.29, 0.717) is 5.56 Å². The van der Waals surface area contributed by atoms with Crippen molar-refractivity contribution in [2.45, 2.75) is 0 Å². The van der Waals surface area contributed by atoms with Crippen LogP contribution in [0.3, 0.4) is 0 Å². The quantitative estimate of drug-likeness (QED) is 0.389. The number of nitrogens with one attached hydrogen (secondary N) is 1. The fraction of sp³-hybridized carbons (Fsp3) is 0. The molecule has 0 aliphatic rings. The maximum atomic E-state index is 9.67. The van der Waals surface area contributed by atoms with Crippen LogP contribution in [-0.4, -0.2) is 16.4 Å². The summed E-state index contributed by atoms with van der Waals surface area (Å²) in [5.41, 5.74) is 4.21. The number of phenolic OH excluding ortho intramolecular Hbond substituents is 2. The van der Waals surface area contributed by atoms with E-state index in [4.69, 9.17) is 0 Å². The van der Waals surface area contributed by atoms with Crippen LogP contribution in [-0.2, 0) is 0 Å². The zero-order valence-corrected chi connectivity index (χ0v) is 11.2. The van der Waals surface area contributed by atoms with Gasteiger partial charge in [0, 0.05) is 5.56 Å². The van der Waals surface area contributed by atoms with E-state index in [-0.39, 0.29) is 11.5 Å². The third-order valence-electron chi connectivity index (χ3n) is 3.19. The van der Waals surface area contributed by atoms with Crippen molar-refractivity contribution in [2.75, 3.05) is 5.43 Å². The van der Waals surface area contributed by atoms with E-state index in [9.17, 15) is 10.2 Å². The van der Waals surface area contributed by atoms with Gasteiger partial charge in [-0.25, -0.2) is 0 Å². The Morgan fingerprint density at radius 2 is 1.67 bits per heavy atom. The fourth-order valence-corrected chi connectivity index (χ4v) is 2.09. The van der Waals surface area contributed by atoms with Gasteiger partial charge in [-0.05, 0) is 35.0 Å². The zero-order valence-electron chi connectivity index (χ0n) is 11.2. The molecule has 0 aliphatic carbocycles. The van der Waals surface area contributed by atoms with Crippen LogP contribution in [0.1, 0.15) is 5.56 Å². The molecule has 0 aliphatic heterocycles. The molecule has 3 aromatic rings. The number of benzene rings is 3. The monoisotopic (exact) mass is 278 g/mol. The van der Waals surface area contributed by atoms with E-state index < -0.39 is 0 Å². The predicted octanol–water partition coefficient (Wildman–Crippen LogP) is 3.70. The fourth-order valence-electron chi connectivity index (χ4n) is 2.09. The van der Waals surface area contributed by atoms with Crippen LogP contribution in [0.2, 0.25) is 0 Å². The molecule has 3 N–H and O–H groups in total. The van der Waals surface area contributed by atoms with E-state index in [0.717, 1.165) is 16.5 Å². The molecule has 21 heavy (non-hydrogen) atoms. The molecular formula is C17H14N2O2. The van der Waals surface area contributed by atoms with Gasteiger partial charge in [0.2, 0.25) is 0 Å².